The quantitative estimate of drug-likeness (QED) is 0.920. The molecule has 0 heterocycles. The molecule has 1 unspecified atom stereocenters. The summed E-state index contributed by atoms with van der Waals surface area (Å²) in [5.74, 6) is 0. The minimum atomic E-state index is 0.266. The third-order valence-electron chi connectivity index (χ3n) is 4.05. The van der Waals surface area contributed by atoms with Crippen molar-refractivity contribution in [3.05, 3.63) is 70.8 Å². The lowest BCUT2D eigenvalue weighted by molar-refractivity contribution is 0.467. The summed E-state index contributed by atoms with van der Waals surface area (Å²) in [7, 11) is 0. The summed E-state index contributed by atoms with van der Waals surface area (Å²) < 4.78 is 0. The highest BCUT2D eigenvalue weighted by molar-refractivity contribution is 5.35. The molecule has 1 aliphatic rings. The summed E-state index contributed by atoms with van der Waals surface area (Å²) in [6, 6.07) is 19.5. The van der Waals surface area contributed by atoms with E-state index in [4.69, 9.17) is 5.26 Å². The second kappa shape index (κ2) is 5.48. The topological polar surface area (TPSA) is 35.8 Å². The lowest BCUT2D eigenvalue weighted by atomic mass is 10.0. The Labute approximate surface area is 120 Å². The van der Waals surface area contributed by atoms with Crippen molar-refractivity contribution in [3.8, 4) is 6.07 Å². The molecule has 0 saturated carbocycles. The monoisotopic (exact) mass is 262 g/mol. The molecule has 2 aromatic rings. The first-order valence-electron chi connectivity index (χ1n) is 7.09. The van der Waals surface area contributed by atoms with Crippen molar-refractivity contribution in [2.75, 3.05) is 0 Å². The van der Waals surface area contributed by atoms with Crippen LogP contribution in [0.1, 0.15) is 35.2 Å². The van der Waals surface area contributed by atoms with Crippen LogP contribution in [0.2, 0.25) is 0 Å². The molecule has 2 aromatic carbocycles. The van der Waals surface area contributed by atoms with Crippen LogP contribution in [0.4, 0.5) is 0 Å². The van der Waals surface area contributed by atoms with Gasteiger partial charge in [-0.1, -0.05) is 36.4 Å². The summed E-state index contributed by atoms with van der Waals surface area (Å²) in [5, 5.41) is 12.7. The molecule has 2 heteroatoms. The van der Waals surface area contributed by atoms with Crippen LogP contribution in [0.5, 0.6) is 0 Å². The minimum absolute atomic E-state index is 0.266. The van der Waals surface area contributed by atoms with E-state index in [9.17, 15) is 0 Å². The van der Waals surface area contributed by atoms with Crippen molar-refractivity contribution in [3.63, 3.8) is 0 Å². The average molecular weight is 262 g/mol. The fourth-order valence-electron chi connectivity index (χ4n) is 3.00. The number of benzene rings is 2. The number of nitriles is 1. The van der Waals surface area contributed by atoms with Crippen LogP contribution in [0.25, 0.3) is 0 Å². The maximum Gasteiger partial charge on any atom is 0.0991 e. The molecule has 20 heavy (non-hydrogen) atoms. The van der Waals surface area contributed by atoms with Crippen LogP contribution >= 0.6 is 0 Å². The standard InChI is InChI=1S/C18H18N2/c1-13(15-8-4-5-14(9-15)12-19)20-18-10-16-6-2-3-7-17(16)11-18/h2-9,13,18,20H,10-11H2,1H3. The van der Waals surface area contributed by atoms with Gasteiger partial charge in [0.1, 0.15) is 0 Å². The van der Waals surface area contributed by atoms with Crippen molar-refractivity contribution in [2.45, 2.75) is 31.8 Å². The predicted molar refractivity (Wildman–Crippen MR) is 80.3 cm³/mol. The van der Waals surface area contributed by atoms with Crippen LogP contribution in [0.15, 0.2) is 48.5 Å². The van der Waals surface area contributed by atoms with Crippen LogP contribution < -0.4 is 5.32 Å². The molecule has 0 saturated heterocycles. The van der Waals surface area contributed by atoms with E-state index in [0.29, 0.717) is 6.04 Å². The van der Waals surface area contributed by atoms with Crippen molar-refractivity contribution < 1.29 is 0 Å². The molecule has 0 aromatic heterocycles. The Morgan fingerprint density at radius 2 is 1.80 bits per heavy atom. The van der Waals surface area contributed by atoms with Crippen molar-refractivity contribution in [1.29, 1.82) is 5.26 Å². The van der Waals surface area contributed by atoms with Crippen molar-refractivity contribution in [1.82, 2.24) is 5.32 Å². The Morgan fingerprint density at radius 1 is 1.10 bits per heavy atom. The van der Waals surface area contributed by atoms with Gasteiger partial charge in [-0.15, -0.1) is 0 Å². The molecule has 2 nitrogen and oxygen atoms in total. The van der Waals surface area contributed by atoms with E-state index in [1.165, 1.54) is 16.7 Å². The normalized spacial score (nSPS) is 15.6. The first kappa shape index (κ1) is 12.9. The molecular weight excluding hydrogens is 244 g/mol. The van der Waals surface area contributed by atoms with E-state index in [-0.39, 0.29) is 6.04 Å². The zero-order chi connectivity index (χ0) is 13.9. The van der Waals surface area contributed by atoms with E-state index in [2.05, 4.69) is 48.6 Å². The van der Waals surface area contributed by atoms with Crippen LogP contribution in [0.3, 0.4) is 0 Å². The van der Waals surface area contributed by atoms with Crippen molar-refractivity contribution in [2.24, 2.45) is 0 Å². The Morgan fingerprint density at radius 3 is 2.45 bits per heavy atom. The van der Waals surface area contributed by atoms with E-state index < -0.39 is 0 Å². The van der Waals surface area contributed by atoms with Gasteiger partial charge in [-0.3, -0.25) is 0 Å². The largest absolute Gasteiger partial charge is 0.307 e. The zero-order valence-electron chi connectivity index (χ0n) is 11.6. The molecular formula is C18H18N2. The summed E-state index contributed by atoms with van der Waals surface area (Å²) in [5.41, 5.74) is 4.83. The summed E-state index contributed by atoms with van der Waals surface area (Å²) >= 11 is 0. The molecule has 0 spiro atoms. The molecule has 1 aliphatic carbocycles. The Kier molecular flexibility index (Phi) is 3.54. The number of rotatable bonds is 3. The number of fused-ring (bicyclic) bond motifs is 1. The first-order valence-corrected chi connectivity index (χ1v) is 7.09. The summed E-state index contributed by atoms with van der Waals surface area (Å²) in [4.78, 5) is 0. The Hall–Kier alpha value is -2.11. The van der Waals surface area contributed by atoms with E-state index >= 15 is 0 Å². The van der Waals surface area contributed by atoms with Gasteiger partial charge in [0.2, 0.25) is 0 Å². The number of hydrogen-bond donors (Lipinski definition) is 1. The number of nitrogens with zero attached hydrogens (tertiary/aromatic N) is 1. The Bertz CT molecular complexity index is 629. The van der Waals surface area contributed by atoms with Gasteiger partial charge in [0.05, 0.1) is 11.6 Å². The van der Waals surface area contributed by atoms with Gasteiger partial charge in [-0.25, -0.2) is 0 Å². The molecule has 1 N–H and O–H groups in total. The lowest BCUT2D eigenvalue weighted by Gasteiger charge is -2.19. The molecule has 0 fully saturated rings. The number of nitrogens with one attached hydrogen (secondary N) is 1. The SMILES string of the molecule is CC(NC1Cc2ccccc2C1)c1cccc(C#N)c1. The molecule has 3 rings (SSSR count). The maximum absolute atomic E-state index is 8.98. The minimum Gasteiger partial charge on any atom is -0.307 e. The number of hydrogen-bond acceptors (Lipinski definition) is 2. The van der Waals surface area contributed by atoms with Gasteiger partial charge >= 0.3 is 0 Å². The van der Waals surface area contributed by atoms with Gasteiger partial charge in [-0.2, -0.15) is 5.26 Å². The smallest absolute Gasteiger partial charge is 0.0991 e. The van der Waals surface area contributed by atoms with E-state index in [1.807, 2.05) is 18.2 Å². The third kappa shape index (κ3) is 2.59. The first-order chi connectivity index (χ1) is 9.76. The van der Waals surface area contributed by atoms with Crippen molar-refractivity contribution >= 4 is 0 Å². The molecule has 100 valence electrons. The van der Waals surface area contributed by atoms with Crippen LogP contribution in [-0.4, -0.2) is 6.04 Å². The molecule has 0 amide bonds. The highest BCUT2D eigenvalue weighted by Crippen LogP contribution is 2.24. The van der Waals surface area contributed by atoms with Crippen LogP contribution in [0, 0.1) is 11.3 Å². The third-order valence-corrected chi connectivity index (χ3v) is 4.05. The predicted octanol–water partition coefficient (Wildman–Crippen LogP) is 3.38. The van der Waals surface area contributed by atoms with Gasteiger partial charge in [0, 0.05) is 12.1 Å². The second-order valence-corrected chi connectivity index (χ2v) is 5.50. The highest BCUT2D eigenvalue weighted by atomic mass is 14.9. The van der Waals surface area contributed by atoms with Gasteiger partial charge in [0.15, 0.2) is 0 Å². The molecule has 0 aliphatic heterocycles. The molecule has 1 atom stereocenters. The summed E-state index contributed by atoms with van der Waals surface area (Å²) in [6.07, 6.45) is 2.19. The Balaban J connectivity index is 1.69. The second-order valence-electron chi connectivity index (χ2n) is 5.50. The maximum atomic E-state index is 8.98. The zero-order valence-corrected chi connectivity index (χ0v) is 11.6. The highest BCUT2D eigenvalue weighted by Gasteiger charge is 2.22. The lowest BCUT2D eigenvalue weighted by Crippen LogP contribution is -2.32. The fraction of sp³-hybridized carbons (Fsp3) is 0.278. The van der Waals surface area contributed by atoms with Gasteiger partial charge in [0.25, 0.3) is 0 Å². The molecule has 0 radical (unpaired) electrons. The van der Waals surface area contributed by atoms with E-state index in [0.717, 1.165) is 18.4 Å². The van der Waals surface area contributed by atoms with Crippen LogP contribution in [-0.2, 0) is 12.8 Å². The average Bonchev–Trinajstić information content (AvgIpc) is 2.89. The summed E-state index contributed by atoms with van der Waals surface area (Å²) in [6.45, 7) is 2.17. The van der Waals surface area contributed by atoms with Gasteiger partial charge in [-0.05, 0) is 48.6 Å². The van der Waals surface area contributed by atoms with Gasteiger partial charge < -0.3 is 5.32 Å². The van der Waals surface area contributed by atoms with E-state index in [1.54, 1.807) is 0 Å². The molecule has 0 bridgehead atoms. The fourth-order valence-corrected chi connectivity index (χ4v) is 3.00.